The molecule has 2 heteroatoms. The Morgan fingerprint density at radius 2 is 1.70 bits per heavy atom. The molecule has 0 saturated carbocycles. The van der Waals surface area contributed by atoms with E-state index < -0.39 is 0 Å². The normalized spacial score (nSPS) is 12.1. The SMILES string of the molecule is CC[C@H](C)NCCOc1ccccc1-c1ccccc1. The Kier molecular flexibility index (Phi) is 5.63. The van der Waals surface area contributed by atoms with Crippen LogP contribution >= 0.6 is 0 Å². The number of ether oxygens (including phenoxy) is 1. The minimum atomic E-state index is 0.544. The van der Waals surface area contributed by atoms with Gasteiger partial charge in [-0.1, -0.05) is 55.5 Å². The average Bonchev–Trinajstić information content (AvgIpc) is 2.52. The lowest BCUT2D eigenvalue weighted by Gasteiger charge is -2.14. The molecule has 1 atom stereocenters. The molecule has 0 aliphatic rings. The number of para-hydroxylation sites is 1. The molecule has 1 N–H and O–H groups in total. The van der Waals surface area contributed by atoms with Crippen molar-refractivity contribution < 1.29 is 4.74 Å². The van der Waals surface area contributed by atoms with Crippen molar-refractivity contribution in [2.75, 3.05) is 13.2 Å². The summed E-state index contributed by atoms with van der Waals surface area (Å²) in [4.78, 5) is 0. The summed E-state index contributed by atoms with van der Waals surface area (Å²) in [6.07, 6.45) is 1.14. The quantitative estimate of drug-likeness (QED) is 0.763. The van der Waals surface area contributed by atoms with Crippen LogP contribution < -0.4 is 10.1 Å². The van der Waals surface area contributed by atoms with Crippen LogP contribution in [-0.2, 0) is 0 Å². The predicted molar refractivity (Wildman–Crippen MR) is 85.1 cm³/mol. The van der Waals surface area contributed by atoms with Gasteiger partial charge in [0.2, 0.25) is 0 Å². The Labute approximate surface area is 121 Å². The highest BCUT2D eigenvalue weighted by Gasteiger charge is 2.05. The van der Waals surface area contributed by atoms with Crippen molar-refractivity contribution in [2.45, 2.75) is 26.3 Å². The lowest BCUT2D eigenvalue weighted by atomic mass is 10.1. The molecule has 2 rings (SSSR count). The van der Waals surface area contributed by atoms with E-state index in [4.69, 9.17) is 4.74 Å². The number of hydrogen-bond donors (Lipinski definition) is 1. The van der Waals surface area contributed by atoms with Crippen molar-refractivity contribution in [2.24, 2.45) is 0 Å². The molecule has 2 aromatic carbocycles. The van der Waals surface area contributed by atoms with Gasteiger partial charge >= 0.3 is 0 Å². The first-order chi connectivity index (χ1) is 9.81. The van der Waals surface area contributed by atoms with E-state index in [2.05, 4.69) is 49.5 Å². The summed E-state index contributed by atoms with van der Waals surface area (Å²) in [5.74, 6) is 0.949. The van der Waals surface area contributed by atoms with E-state index in [1.807, 2.05) is 24.3 Å². The zero-order valence-electron chi connectivity index (χ0n) is 12.3. The van der Waals surface area contributed by atoms with E-state index >= 15 is 0 Å². The van der Waals surface area contributed by atoms with Crippen LogP contribution in [0.5, 0.6) is 5.75 Å². The van der Waals surface area contributed by atoms with Crippen LogP contribution in [0, 0.1) is 0 Å². The molecule has 0 aliphatic carbocycles. The first-order valence-corrected chi connectivity index (χ1v) is 7.32. The summed E-state index contributed by atoms with van der Waals surface area (Å²) in [6.45, 7) is 5.94. The van der Waals surface area contributed by atoms with E-state index in [0.29, 0.717) is 12.6 Å². The van der Waals surface area contributed by atoms with Gasteiger partial charge in [0.25, 0.3) is 0 Å². The summed E-state index contributed by atoms with van der Waals surface area (Å²) in [6, 6.07) is 19.1. The van der Waals surface area contributed by atoms with Crippen LogP contribution in [0.2, 0.25) is 0 Å². The maximum Gasteiger partial charge on any atom is 0.127 e. The summed E-state index contributed by atoms with van der Waals surface area (Å²) in [5, 5.41) is 3.44. The fraction of sp³-hybridized carbons (Fsp3) is 0.333. The second kappa shape index (κ2) is 7.71. The Hall–Kier alpha value is -1.80. The number of rotatable bonds is 7. The molecule has 20 heavy (non-hydrogen) atoms. The molecule has 106 valence electrons. The Morgan fingerprint density at radius 3 is 2.45 bits per heavy atom. The van der Waals surface area contributed by atoms with Crippen LogP contribution in [0.3, 0.4) is 0 Å². The van der Waals surface area contributed by atoms with Crippen molar-refractivity contribution in [3.63, 3.8) is 0 Å². The zero-order chi connectivity index (χ0) is 14.2. The van der Waals surface area contributed by atoms with Gasteiger partial charge in [-0.3, -0.25) is 0 Å². The summed E-state index contributed by atoms with van der Waals surface area (Å²) in [5.41, 5.74) is 2.34. The van der Waals surface area contributed by atoms with E-state index in [9.17, 15) is 0 Å². The van der Waals surface area contributed by atoms with Crippen LogP contribution in [0.25, 0.3) is 11.1 Å². The van der Waals surface area contributed by atoms with Crippen molar-refractivity contribution in [3.05, 3.63) is 54.6 Å². The van der Waals surface area contributed by atoms with Gasteiger partial charge in [-0.05, 0) is 25.0 Å². The first kappa shape index (κ1) is 14.6. The topological polar surface area (TPSA) is 21.3 Å². The van der Waals surface area contributed by atoms with Gasteiger partial charge in [-0.15, -0.1) is 0 Å². The molecule has 0 amide bonds. The predicted octanol–water partition coefficient (Wildman–Crippen LogP) is 4.12. The average molecular weight is 269 g/mol. The molecule has 0 saturated heterocycles. The maximum atomic E-state index is 5.92. The van der Waals surface area contributed by atoms with E-state index in [-0.39, 0.29) is 0 Å². The van der Waals surface area contributed by atoms with Crippen LogP contribution in [0.4, 0.5) is 0 Å². The molecule has 2 nitrogen and oxygen atoms in total. The maximum absolute atomic E-state index is 5.92. The van der Waals surface area contributed by atoms with Crippen LogP contribution in [0.1, 0.15) is 20.3 Å². The van der Waals surface area contributed by atoms with Crippen molar-refractivity contribution in [1.82, 2.24) is 5.32 Å². The number of nitrogens with one attached hydrogen (secondary N) is 1. The molecule has 0 spiro atoms. The highest BCUT2D eigenvalue weighted by atomic mass is 16.5. The molecule has 0 radical (unpaired) electrons. The molecular formula is C18H23NO. The second-order valence-corrected chi connectivity index (χ2v) is 4.97. The summed E-state index contributed by atoms with van der Waals surface area (Å²) in [7, 11) is 0. The molecule has 0 bridgehead atoms. The molecule has 2 aromatic rings. The molecule has 0 fully saturated rings. The monoisotopic (exact) mass is 269 g/mol. The van der Waals surface area contributed by atoms with Gasteiger partial charge < -0.3 is 10.1 Å². The van der Waals surface area contributed by atoms with Crippen molar-refractivity contribution in [3.8, 4) is 16.9 Å². The Bertz CT molecular complexity index is 510. The van der Waals surface area contributed by atoms with Crippen molar-refractivity contribution >= 4 is 0 Å². The third kappa shape index (κ3) is 4.10. The van der Waals surface area contributed by atoms with Gasteiger partial charge in [0.05, 0.1) is 0 Å². The standard InChI is InChI=1S/C18H23NO/c1-3-15(2)19-13-14-20-18-12-8-7-11-17(18)16-9-5-4-6-10-16/h4-12,15,19H,3,13-14H2,1-2H3/t15-/m0/s1. The van der Waals surface area contributed by atoms with Crippen molar-refractivity contribution in [1.29, 1.82) is 0 Å². The lowest BCUT2D eigenvalue weighted by molar-refractivity contribution is 0.307. The van der Waals surface area contributed by atoms with E-state index in [0.717, 1.165) is 24.3 Å². The molecule has 0 aromatic heterocycles. The van der Waals surface area contributed by atoms with Crippen LogP contribution in [-0.4, -0.2) is 19.2 Å². The van der Waals surface area contributed by atoms with Gasteiger partial charge in [-0.25, -0.2) is 0 Å². The fourth-order valence-corrected chi connectivity index (χ4v) is 2.06. The zero-order valence-corrected chi connectivity index (χ0v) is 12.3. The third-order valence-corrected chi connectivity index (χ3v) is 3.44. The second-order valence-electron chi connectivity index (χ2n) is 4.97. The largest absolute Gasteiger partial charge is 0.492 e. The fourth-order valence-electron chi connectivity index (χ4n) is 2.06. The van der Waals surface area contributed by atoms with Gasteiger partial charge in [0, 0.05) is 18.2 Å². The molecular weight excluding hydrogens is 246 g/mol. The number of hydrogen-bond acceptors (Lipinski definition) is 2. The summed E-state index contributed by atoms with van der Waals surface area (Å²) < 4.78 is 5.92. The Balaban J connectivity index is 1.99. The minimum Gasteiger partial charge on any atom is -0.492 e. The van der Waals surface area contributed by atoms with Gasteiger partial charge in [-0.2, -0.15) is 0 Å². The van der Waals surface area contributed by atoms with Gasteiger partial charge in [0.15, 0.2) is 0 Å². The highest BCUT2D eigenvalue weighted by Crippen LogP contribution is 2.29. The third-order valence-electron chi connectivity index (χ3n) is 3.44. The summed E-state index contributed by atoms with van der Waals surface area (Å²) >= 11 is 0. The first-order valence-electron chi connectivity index (χ1n) is 7.32. The molecule has 0 heterocycles. The smallest absolute Gasteiger partial charge is 0.127 e. The minimum absolute atomic E-state index is 0.544. The van der Waals surface area contributed by atoms with Crippen LogP contribution in [0.15, 0.2) is 54.6 Å². The Morgan fingerprint density at radius 1 is 1.00 bits per heavy atom. The van der Waals surface area contributed by atoms with E-state index in [1.54, 1.807) is 0 Å². The highest BCUT2D eigenvalue weighted by molar-refractivity contribution is 5.70. The lowest BCUT2D eigenvalue weighted by Crippen LogP contribution is -2.29. The number of benzene rings is 2. The van der Waals surface area contributed by atoms with E-state index in [1.165, 1.54) is 5.56 Å². The molecule has 0 unspecified atom stereocenters. The molecule has 0 aliphatic heterocycles. The van der Waals surface area contributed by atoms with Gasteiger partial charge in [0.1, 0.15) is 12.4 Å².